The third-order valence-electron chi connectivity index (χ3n) is 3.09. The zero-order chi connectivity index (χ0) is 11.4. The van der Waals surface area contributed by atoms with Gasteiger partial charge in [0, 0.05) is 19.0 Å². The van der Waals surface area contributed by atoms with Crippen LogP contribution in [-0.4, -0.2) is 13.7 Å². The van der Waals surface area contributed by atoms with E-state index in [-0.39, 0.29) is 0 Å². The molecule has 0 fully saturated rings. The van der Waals surface area contributed by atoms with Gasteiger partial charge in [0.1, 0.15) is 5.75 Å². The van der Waals surface area contributed by atoms with E-state index in [0.29, 0.717) is 6.04 Å². The molecule has 1 unspecified atom stereocenters. The van der Waals surface area contributed by atoms with Crippen molar-refractivity contribution in [2.24, 2.45) is 0 Å². The quantitative estimate of drug-likeness (QED) is 0.614. The molecule has 0 amide bonds. The van der Waals surface area contributed by atoms with E-state index in [1.54, 1.807) is 7.11 Å². The molecule has 2 rings (SSSR count). The second-order valence-electron chi connectivity index (χ2n) is 4.06. The molecule has 2 heteroatoms. The summed E-state index contributed by atoms with van der Waals surface area (Å²) in [5.41, 5.74) is 2.80. The third-order valence-corrected chi connectivity index (χ3v) is 3.09. The predicted molar refractivity (Wildman–Crippen MR) is 65.5 cm³/mol. The monoisotopic (exact) mass is 215 g/mol. The molecule has 0 aliphatic heterocycles. The molecule has 0 heterocycles. The van der Waals surface area contributed by atoms with Gasteiger partial charge >= 0.3 is 0 Å². The smallest absolute Gasteiger partial charge is 0.119 e. The molecule has 0 radical (unpaired) electrons. The van der Waals surface area contributed by atoms with Crippen LogP contribution in [0.3, 0.4) is 0 Å². The Morgan fingerprint density at radius 1 is 1.56 bits per heavy atom. The van der Waals surface area contributed by atoms with Crippen LogP contribution in [0, 0.1) is 12.3 Å². The van der Waals surface area contributed by atoms with E-state index in [2.05, 4.69) is 23.4 Å². The summed E-state index contributed by atoms with van der Waals surface area (Å²) >= 11 is 0. The summed E-state index contributed by atoms with van der Waals surface area (Å²) in [5.74, 6) is 3.59. The van der Waals surface area contributed by atoms with E-state index in [1.807, 2.05) is 6.07 Å². The lowest BCUT2D eigenvalue weighted by Crippen LogP contribution is -2.20. The first kappa shape index (κ1) is 11.0. The highest BCUT2D eigenvalue weighted by atomic mass is 16.5. The first-order valence-electron chi connectivity index (χ1n) is 5.69. The Labute approximate surface area is 97.0 Å². The second-order valence-corrected chi connectivity index (χ2v) is 4.06. The number of terminal acetylenes is 1. The number of hydrogen-bond acceptors (Lipinski definition) is 2. The largest absolute Gasteiger partial charge is 0.497 e. The number of nitrogens with one attached hydrogen (secondary N) is 1. The van der Waals surface area contributed by atoms with Gasteiger partial charge < -0.3 is 10.1 Å². The summed E-state index contributed by atoms with van der Waals surface area (Å²) in [5, 5.41) is 3.49. The normalized spacial score (nSPS) is 17.9. The fourth-order valence-electron chi connectivity index (χ4n) is 2.24. The van der Waals surface area contributed by atoms with Crippen molar-refractivity contribution in [2.45, 2.75) is 25.3 Å². The second kappa shape index (κ2) is 5.05. The Morgan fingerprint density at radius 2 is 2.44 bits per heavy atom. The van der Waals surface area contributed by atoms with E-state index in [9.17, 15) is 0 Å². The first-order valence-corrected chi connectivity index (χ1v) is 5.69. The molecular formula is C14H17NO. The molecule has 1 aliphatic rings. The summed E-state index contributed by atoms with van der Waals surface area (Å²) < 4.78 is 5.25. The van der Waals surface area contributed by atoms with Crippen LogP contribution >= 0.6 is 0 Å². The molecule has 0 saturated heterocycles. The van der Waals surface area contributed by atoms with Crippen molar-refractivity contribution in [3.05, 3.63) is 29.3 Å². The molecule has 16 heavy (non-hydrogen) atoms. The zero-order valence-corrected chi connectivity index (χ0v) is 9.62. The molecule has 0 aromatic heterocycles. The van der Waals surface area contributed by atoms with Crippen LogP contribution in [0.1, 0.15) is 30.0 Å². The average Bonchev–Trinajstić information content (AvgIpc) is 2.72. The summed E-state index contributed by atoms with van der Waals surface area (Å²) in [7, 11) is 1.71. The van der Waals surface area contributed by atoms with Gasteiger partial charge in [-0.25, -0.2) is 0 Å². The van der Waals surface area contributed by atoms with Crippen molar-refractivity contribution in [3.63, 3.8) is 0 Å². The number of aryl methyl sites for hydroxylation is 1. The van der Waals surface area contributed by atoms with Crippen LogP contribution in [0.2, 0.25) is 0 Å². The molecule has 1 aromatic carbocycles. The van der Waals surface area contributed by atoms with Crippen molar-refractivity contribution in [3.8, 4) is 18.1 Å². The Balaban J connectivity index is 2.09. The number of benzene rings is 1. The van der Waals surface area contributed by atoms with E-state index < -0.39 is 0 Å². The van der Waals surface area contributed by atoms with Gasteiger partial charge in [0.25, 0.3) is 0 Å². The Bertz CT molecular complexity index is 406. The van der Waals surface area contributed by atoms with Gasteiger partial charge in [-0.05, 0) is 36.1 Å². The van der Waals surface area contributed by atoms with Crippen LogP contribution in [0.5, 0.6) is 5.75 Å². The molecule has 0 saturated carbocycles. The van der Waals surface area contributed by atoms with Crippen LogP contribution in [-0.2, 0) is 6.42 Å². The minimum Gasteiger partial charge on any atom is -0.497 e. The molecule has 84 valence electrons. The Morgan fingerprint density at radius 3 is 3.19 bits per heavy atom. The van der Waals surface area contributed by atoms with Gasteiger partial charge in [-0.2, -0.15) is 0 Å². The molecule has 0 bridgehead atoms. The maximum Gasteiger partial charge on any atom is 0.119 e. The van der Waals surface area contributed by atoms with Crippen LogP contribution < -0.4 is 10.1 Å². The van der Waals surface area contributed by atoms with Crippen molar-refractivity contribution in [1.29, 1.82) is 0 Å². The Hall–Kier alpha value is -1.46. The lowest BCUT2D eigenvalue weighted by Gasteiger charge is -2.13. The van der Waals surface area contributed by atoms with Gasteiger partial charge in [-0.3, -0.25) is 0 Å². The molecule has 2 nitrogen and oxygen atoms in total. The van der Waals surface area contributed by atoms with Gasteiger partial charge in [0.2, 0.25) is 0 Å². The Kier molecular flexibility index (Phi) is 3.48. The van der Waals surface area contributed by atoms with E-state index in [0.717, 1.165) is 31.6 Å². The maximum atomic E-state index is 5.25. The summed E-state index contributed by atoms with van der Waals surface area (Å²) in [6.07, 6.45) is 8.34. The first-order chi connectivity index (χ1) is 7.85. The fraction of sp³-hybridized carbons (Fsp3) is 0.429. The van der Waals surface area contributed by atoms with Crippen molar-refractivity contribution < 1.29 is 4.74 Å². The van der Waals surface area contributed by atoms with E-state index >= 15 is 0 Å². The highest BCUT2D eigenvalue weighted by Gasteiger charge is 2.21. The van der Waals surface area contributed by atoms with Crippen molar-refractivity contribution in [1.82, 2.24) is 5.32 Å². The topological polar surface area (TPSA) is 21.3 Å². The molecule has 1 N–H and O–H groups in total. The highest BCUT2D eigenvalue weighted by Crippen LogP contribution is 2.33. The number of fused-ring (bicyclic) bond motifs is 1. The van der Waals surface area contributed by atoms with Gasteiger partial charge in [-0.15, -0.1) is 12.3 Å². The third kappa shape index (κ3) is 2.20. The van der Waals surface area contributed by atoms with Gasteiger partial charge in [-0.1, -0.05) is 6.07 Å². The van der Waals surface area contributed by atoms with Crippen molar-refractivity contribution >= 4 is 0 Å². The zero-order valence-electron chi connectivity index (χ0n) is 9.62. The van der Waals surface area contributed by atoms with E-state index in [1.165, 1.54) is 11.1 Å². The van der Waals surface area contributed by atoms with Gasteiger partial charge in [0.15, 0.2) is 0 Å². The minimum absolute atomic E-state index is 0.443. The summed E-state index contributed by atoms with van der Waals surface area (Å²) in [6, 6.07) is 6.77. The van der Waals surface area contributed by atoms with Crippen molar-refractivity contribution in [2.75, 3.05) is 13.7 Å². The summed E-state index contributed by atoms with van der Waals surface area (Å²) in [6.45, 7) is 0.887. The lowest BCUT2D eigenvalue weighted by molar-refractivity contribution is 0.413. The number of rotatable bonds is 4. The van der Waals surface area contributed by atoms with Gasteiger partial charge in [0.05, 0.1) is 7.11 Å². The van der Waals surface area contributed by atoms with Crippen LogP contribution in [0.15, 0.2) is 18.2 Å². The lowest BCUT2D eigenvalue weighted by atomic mass is 10.1. The van der Waals surface area contributed by atoms with E-state index in [4.69, 9.17) is 11.2 Å². The SMILES string of the molecule is C#CCCNC1CCc2ccc(OC)cc21. The molecular weight excluding hydrogens is 198 g/mol. The minimum atomic E-state index is 0.443. The average molecular weight is 215 g/mol. The highest BCUT2D eigenvalue weighted by molar-refractivity contribution is 5.40. The molecule has 1 aliphatic carbocycles. The number of methoxy groups -OCH3 is 1. The molecule has 1 atom stereocenters. The molecule has 1 aromatic rings. The van der Waals surface area contributed by atoms with Crippen LogP contribution in [0.4, 0.5) is 0 Å². The van der Waals surface area contributed by atoms with Crippen LogP contribution in [0.25, 0.3) is 0 Å². The number of ether oxygens (including phenoxy) is 1. The predicted octanol–water partition coefficient (Wildman–Crippen LogP) is 2.30. The number of hydrogen-bond donors (Lipinski definition) is 1. The maximum absolute atomic E-state index is 5.25. The standard InChI is InChI=1S/C14H17NO/c1-3-4-9-15-14-8-6-11-5-7-12(16-2)10-13(11)14/h1,5,7,10,14-15H,4,6,8-9H2,2H3. The summed E-state index contributed by atoms with van der Waals surface area (Å²) in [4.78, 5) is 0. The molecule has 0 spiro atoms. The fourth-order valence-corrected chi connectivity index (χ4v) is 2.24.